The fraction of sp³-hybridized carbons (Fsp3) is 0.533. The molecule has 8 nitrogen and oxygen atoms in total. The third-order valence-electron chi connectivity index (χ3n) is 4.18. The number of nitrogens with zero attached hydrogens (tertiary/aromatic N) is 6. The number of aromatic nitrogens is 4. The van der Waals surface area contributed by atoms with Gasteiger partial charge in [0.15, 0.2) is 5.82 Å². The Morgan fingerprint density at radius 1 is 1.29 bits per heavy atom. The van der Waals surface area contributed by atoms with Crippen molar-refractivity contribution in [3.8, 4) is 11.5 Å². The Morgan fingerprint density at radius 3 is 2.67 bits per heavy atom. The molecule has 0 unspecified atom stereocenters. The smallest absolute Gasteiger partial charge is 0.282 e. The summed E-state index contributed by atoms with van der Waals surface area (Å²) in [6.07, 6.45) is 5.08. The van der Waals surface area contributed by atoms with Gasteiger partial charge in [-0.3, -0.25) is 0 Å². The van der Waals surface area contributed by atoms with Gasteiger partial charge in [0.1, 0.15) is 11.5 Å². The van der Waals surface area contributed by atoms with E-state index in [9.17, 15) is 8.42 Å². The minimum atomic E-state index is -3.50. The number of hydrogen-bond acceptors (Lipinski definition) is 5. The van der Waals surface area contributed by atoms with Crippen molar-refractivity contribution in [3.05, 3.63) is 30.0 Å². The van der Waals surface area contributed by atoms with Crippen LogP contribution in [0.4, 0.5) is 0 Å². The number of rotatable bonds is 4. The maximum atomic E-state index is 12.5. The van der Waals surface area contributed by atoms with E-state index in [4.69, 9.17) is 0 Å². The predicted molar refractivity (Wildman–Crippen MR) is 90.3 cm³/mol. The molecule has 130 valence electrons. The van der Waals surface area contributed by atoms with Crippen LogP contribution >= 0.6 is 0 Å². The average molecular weight is 350 g/mol. The number of imidazole rings is 1. The van der Waals surface area contributed by atoms with Gasteiger partial charge in [-0.1, -0.05) is 0 Å². The summed E-state index contributed by atoms with van der Waals surface area (Å²) in [5, 5.41) is 0. The van der Waals surface area contributed by atoms with E-state index < -0.39 is 10.2 Å². The van der Waals surface area contributed by atoms with Gasteiger partial charge >= 0.3 is 0 Å². The summed E-state index contributed by atoms with van der Waals surface area (Å²) in [4.78, 5) is 13.5. The largest absolute Gasteiger partial charge is 0.333 e. The van der Waals surface area contributed by atoms with E-state index in [1.54, 1.807) is 20.3 Å². The molecule has 3 heterocycles. The quantitative estimate of drug-likeness (QED) is 0.825. The Bertz CT molecular complexity index is 845. The van der Waals surface area contributed by atoms with Crippen molar-refractivity contribution in [2.24, 2.45) is 7.05 Å². The van der Waals surface area contributed by atoms with Gasteiger partial charge in [0.05, 0.1) is 6.04 Å². The van der Waals surface area contributed by atoms with Crippen molar-refractivity contribution < 1.29 is 8.42 Å². The summed E-state index contributed by atoms with van der Waals surface area (Å²) in [6, 6.07) is 1.53. The Balaban J connectivity index is 2.03. The Kier molecular flexibility index (Phi) is 4.41. The zero-order valence-corrected chi connectivity index (χ0v) is 15.2. The van der Waals surface area contributed by atoms with E-state index in [-0.39, 0.29) is 6.04 Å². The maximum absolute atomic E-state index is 12.5. The molecular formula is C15H22N6O2S. The zero-order chi connectivity index (χ0) is 17.5. The van der Waals surface area contributed by atoms with Crippen LogP contribution in [0, 0.1) is 6.92 Å². The second kappa shape index (κ2) is 6.23. The van der Waals surface area contributed by atoms with Crippen molar-refractivity contribution in [3.63, 3.8) is 0 Å². The molecular weight excluding hydrogens is 328 g/mol. The highest BCUT2D eigenvalue weighted by Crippen LogP contribution is 2.33. The van der Waals surface area contributed by atoms with Crippen molar-refractivity contribution in [2.45, 2.75) is 25.8 Å². The minimum absolute atomic E-state index is 0.337. The van der Waals surface area contributed by atoms with Crippen LogP contribution < -0.4 is 0 Å². The molecule has 2 aromatic rings. The molecule has 1 fully saturated rings. The number of aryl methyl sites for hydroxylation is 2. The monoisotopic (exact) mass is 350 g/mol. The van der Waals surface area contributed by atoms with Gasteiger partial charge in [-0.2, -0.15) is 17.0 Å². The van der Waals surface area contributed by atoms with Crippen LogP contribution in [0.3, 0.4) is 0 Å². The Hall–Kier alpha value is -1.84. The molecule has 2 aromatic heterocycles. The second-order valence-electron chi connectivity index (χ2n) is 6.17. The lowest BCUT2D eigenvalue weighted by molar-refractivity contribution is 0.352. The molecule has 24 heavy (non-hydrogen) atoms. The molecule has 0 spiro atoms. The lowest BCUT2D eigenvalue weighted by Crippen LogP contribution is -2.40. The van der Waals surface area contributed by atoms with Gasteiger partial charge in [-0.15, -0.1) is 0 Å². The van der Waals surface area contributed by atoms with Gasteiger partial charge < -0.3 is 4.57 Å². The molecule has 9 heteroatoms. The summed E-state index contributed by atoms with van der Waals surface area (Å²) in [5.41, 5.74) is 1.51. The van der Waals surface area contributed by atoms with E-state index in [1.165, 1.54) is 8.61 Å². The summed E-state index contributed by atoms with van der Waals surface area (Å²) in [7, 11) is 1.49. The minimum Gasteiger partial charge on any atom is -0.333 e. The van der Waals surface area contributed by atoms with E-state index in [0.717, 1.165) is 24.4 Å². The standard InChI is InChI=1S/C15H22N6O2S/c1-11-10-12(15-16-7-9-20(15)4)18-14(17-11)13-6-5-8-21(13)24(22,23)19(2)3/h7,9-10,13H,5-6,8H2,1-4H3/t13-/m0/s1. The molecule has 0 bridgehead atoms. The summed E-state index contributed by atoms with van der Waals surface area (Å²) < 4.78 is 29.7. The molecule has 0 saturated carbocycles. The van der Waals surface area contributed by atoms with Crippen LogP contribution in [0.1, 0.15) is 30.4 Å². The highest BCUT2D eigenvalue weighted by Gasteiger charge is 2.38. The predicted octanol–water partition coefficient (Wildman–Crippen LogP) is 1.13. The third kappa shape index (κ3) is 2.94. The lowest BCUT2D eigenvalue weighted by Gasteiger charge is -2.26. The second-order valence-corrected chi connectivity index (χ2v) is 8.27. The Morgan fingerprint density at radius 2 is 2.04 bits per heavy atom. The molecule has 0 radical (unpaired) electrons. The number of hydrogen-bond donors (Lipinski definition) is 0. The van der Waals surface area contributed by atoms with Crippen molar-refractivity contribution in [1.29, 1.82) is 0 Å². The first kappa shape index (κ1) is 17.0. The molecule has 1 saturated heterocycles. The molecule has 0 amide bonds. The van der Waals surface area contributed by atoms with Gasteiger partial charge in [0, 0.05) is 45.8 Å². The topological polar surface area (TPSA) is 84.2 Å². The van der Waals surface area contributed by atoms with Crippen molar-refractivity contribution in [1.82, 2.24) is 28.1 Å². The van der Waals surface area contributed by atoms with Crippen LogP contribution in [0.15, 0.2) is 18.5 Å². The average Bonchev–Trinajstić information content (AvgIpc) is 3.15. The van der Waals surface area contributed by atoms with Crippen LogP contribution in [-0.2, 0) is 17.3 Å². The van der Waals surface area contributed by atoms with E-state index in [0.29, 0.717) is 18.1 Å². The maximum Gasteiger partial charge on any atom is 0.282 e. The van der Waals surface area contributed by atoms with E-state index in [1.807, 2.05) is 30.8 Å². The SMILES string of the molecule is Cc1cc(-c2nccn2C)nc([C@@H]2CCCN2S(=O)(=O)N(C)C)n1. The zero-order valence-electron chi connectivity index (χ0n) is 14.3. The highest BCUT2D eigenvalue weighted by atomic mass is 32.2. The lowest BCUT2D eigenvalue weighted by atomic mass is 10.2. The molecule has 1 aliphatic rings. The Labute approximate surface area is 142 Å². The molecule has 0 N–H and O–H groups in total. The molecule has 0 aromatic carbocycles. The van der Waals surface area contributed by atoms with Gasteiger partial charge in [0.2, 0.25) is 0 Å². The molecule has 0 aliphatic carbocycles. The van der Waals surface area contributed by atoms with Crippen LogP contribution in [0.5, 0.6) is 0 Å². The van der Waals surface area contributed by atoms with Gasteiger partial charge in [-0.25, -0.2) is 15.0 Å². The van der Waals surface area contributed by atoms with Gasteiger partial charge in [-0.05, 0) is 25.8 Å². The fourth-order valence-corrected chi connectivity index (χ4v) is 4.25. The van der Waals surface area contributed by atoms with Crippen LogP contribution in [-0.4, -0.2) is 57.2 Å². The summed E-state index contributed by atoms with van der Waals surface area (Å²) in [6.45, 7) is 2.37. The van der Waals surface area contributed by atoms with Crippen molar-refractivity contribution in [2.75, 3.05) is 20.6 Å². The first-order chi connectivity index (χ1) is 11.3. The highest BCUT2D eigenvalue weighted by molar-refractivity contribution is 7.86. The summed E-state index contributed by atoms with van der Waals surface area (Å²) in [5.74, 6) is 1.28. The summed E-state index contributed by atoms with van der Waals surface area (Å²) >= 11 is 0. The normalized spacial score (nSPS) is 19.3. The van der Waals surface area contributed by atoms with Crippen LogP contribution in [0.2, 0.25) is 0 Å². The first-order valence-electron chi connectivity index (χ1n) is 7.83. The van der Waals surface area contributed by atoms with E-state index in [2.05, 4.69) is 15.0 Å². The van der Waals surface area contributed by atoms with Crippen LogP contribution in [0.25, 0.3) is 11.5 Å². The van der Waals surface area contributed by atoms with Crippen molar-refractivity contribution >= 4 is 10.2 Å². The molecule has 3 rings (SSSR count). The van der Waals surface area contributed by atoms with Gasteiger partial charge in [0.25, 0.3) is 10.2 Å². The fourth-order valence-electron chi connectivity index (χ4n) is 2.95. The first-order valence-corrected chi connectivity index (χ1v) is 9.23. The van der Waals surface area contributed by atoms with E-state index >= 15 is 0 Å². The molecule has 1 aliphatic heterocycles. The molecule has 1 atom stereocenters. The third-order valence-corrected chi connectivity index (χ3v) is 6.13.